The second-order valence-electron chi connectivity index (χ2n) is 4.06. The Morgan fingerprint density at radius 1 is 1.33 bits per heavy atom. The monoisotopic (exact) mass is 250 g/mol. The molecule has 5 nitrogen and oxygen atoms in total. The third kappa shape index (κ3) is 3.76. The number of nitrogens with one attached hydrogen (secondary N) is 1. The van der Waals surface area contributed by atoms with Crippen molar-refractivity contribution >= 4 is 17.7 Å². The molecule has 2 amide bonds. The summed E-state index contributed by atoms with van der Waals surface area (Å²) in [6, 6.07) is 6.06. The Balaban J connectivity index is 2.72. The van der Waals surface area contributed by atoms with E-state index in [1.54, 1.807) is 30.1 Å². The van der Waals surface area contributed by atoms with Gasteiger partial charge in [0.05, 0.1) is 11.3 Å². The Hall–Kier alpha value is -2.04. The Morgan fingerprint density at radius 3 is 2.61 bits per heavy atom. The number of aromatic carboxylic acids is 1. The van der Waals surface area contributed by atoms with Gasteiger partial charge in [-0.25, -0.2) is 9.59 Å². The summed E-state index contributed by atoms with van der Waals surface area (Å²) < 4.78 is 0. The zero-order valence-electron chi connectivity index (χ0n) is 10.6. The largest absolute Gasteiger partial charge is 0.478 e. The number of urea groups is 1. The fourth-order valence-corrected chi connectivity index (χ4v) is 1.49. The first-order valence-electron chi connectivity index (χ1n) is 5.90. The number of benzene rings is 1. The number of carboxylic acid groups (broad SMARTS) is 1. The van der Waals surface area contributed by atoms with Gasteiger partial charge in [0.1, 0.15) is 0 Å². The van der Waals surface area contributed by atoms with E-state index < -0.39 is 5.97 Å². The van der Waals surface area contributed by atoms with Crippen molar-refractivity contribution in [3.05, 3.63) is 29.8 Å². The van der Waals surface area contributed by atoms with E-state index in [9.17, 15) is 9.59 Å². The first-order valence-corrected chi connectivity index (χ1v) is 5.90. The first-order chi connectivity index (χ1) is 8.56. The number of amides is 2. The van der Waals surface area contributed by atoms with Crippen molar-refractivity contribution in [3.63, 3.8) is 0 Å². The maximum absolute atomic E-state index is 11.8. The van der Waals surface area contributed by atoms with Crippen molar-refractivity contribution in [2.24, 2.45) is 0 Å². The minimum Gasteiger partial charge on any atom is -0.478 e. The number of hydrogen-bond donors (Lipinski definition) is 2. The number of carboxylic acids is 1. The van der Waals surface area contributed by atoms with E-state index in [0.717, 1.165) is 12.8 Å². The van der Waals surface area contributed by atoms with Crippen molar-refractivity contribution < 1.29 is 14.7 Å². The highest BCUT2D eigenvalue weighted by molar-refractivity contribution is 5.99. The van der Waals surface area contributed by atoms with Crippen molar-refractivity contribution in [1.29, 1.82) is 0 Å². The third-order valence-electron chi connectivity index (χ3n) is 2.59. The molecule has 0 atom stereocenters. The summed E-state index contributed by atoms with van der Waals surface area (Å²) in [5, 5.41) is 11.6. The van der Waals surface area contributed by atoms with Gasteiger partial charge in [0, 0.05) is 13.6 Å². The number of hydrogen-bond acceptors (Lipinski definition) is 2. The number of anilines is 1. The van der Waals surface area contributed by atoms with Crippen molar-refractivity contribution in [2.45, 2.75) is 19.8 Å². The fourth-order valence-electron chi connectivity index (χ4n) is 1.49. The van der Waals surface area contributed by atoms with Gasteiger partial charge in [-0.1, -0.05) is 25.5 Å². The lowest BCUT2D eigenvalue weighted by Crippen LogP contribution is -2.32. The normalized spacial score (nSPS) is 9.89. The molecule has 0 spiro atoms. The predicted molar refractivity (Wildman–Crippen MR) is 70.0 cm³/mol. The molecule has 0 aromatic heterocycles. The summed E-state index contributed by atoms with van der Waals surface area (Å²) in [6.45, 7) is 2.70. The second kappa shape index (κ2) is 6.64. The van der Waals surface area contributed by atoms with E-state index in [-0.39, 0.29) is 11.6 Å². The van der Waals surface area contributed by atoms with Gasteiger partial charge >= 0.3 is 12.0 Å². The topological polar surface area (TPSA) is 69.6 Å². The molecule has 18 heavy (non-hydrogen) atoms. The quantitative estimate of drug-likeness (QED) is 0.844. The summed E-state index contributed by atoms with van der Waals surface area (Å²) >= 11 is 0. The fraction of sp³-hybridized carbons (Fsp3) is 0.385. The van der Waals surface area contributed by atoms with E-state index in [1.807, 2.05) is 6.92 Å². The highest BCUT2D eigenvalue weighted by Crippen LogP contribution is 2.15. The Morgan fingerprint density at radius 2 is 2.00 bits per heavy atom. The number of rotatable bonds is 5. The average Bonchev–Trinajstić information content (AvgIpc) is 2.36. The van der Waals surface area contributed by atoms with Crippen molar-refractivity contribution in [2.75, 3.05) is 18.9 Å². The summed E-state index contributed by atoms with van der Waals surface area (Å²) in [5.41, 5.74) is 0.410. The Labute approximate surface area is 106 Å². The lowest BCUT2D eigenvalue weighted by molar-refractivity contribution is 0.0698. The molecule has 0 fully saturated rings. The molecule has 2 N–H and O–H groups in total. The van der Waals surface area contributed by atoms with Gasteiger partial charge in [0.2, 0.25) is 0 Å². The second-order valence-corrected chi connectivity index (χ2v) is 4.06. The standard InChI is InChI=1S/C13H18N2O3/c1-3-4-9-15(2)13(18)14-11-8-6-5-7-10(11)12(16)17/h5-8H,3-4,9H2,1-2H3,(H,14,18)(H,16,17). The molecular formula is C13H18N2O3. The van der Waals surface area contributed by atoms with Crippen LogP contribution < -0.4 is 5.32 Å². The van der Waals surface area contributed by atoms with Gasteiger partial charge in [-0.3, -0.25) is 0 Å². The van der Waals surface area contributed by atoms with Crippen LogP contribution in [0, 0.1) is 0 Å². The van der Waals surface area contributed by atoms with Gasteiger partial charge < -0.3 is 15.3 Å². The molecule has 0 unspecified atom stereocenters. The van der Waals surface area contributed by atoms with Crippen LogP contribution in [0.1, 0.15) is 30.1 Å². The zero-order chi connectivity index (χ0) is 13.5. The van der Waals surface area contributed by atoms with Crippen LogP contribution in [0.2, 0.25) is 0 Å². The molecule has 0 bridgehead atoms. The van der Waals surface area contributed by atoms with Gasteiger partial charge in [-0.15, -0.1) is 0 Å². The van der Waals surface area contributed by atoms with Gasteiger partial charge in [-0.2, -0.15) is 0 Å². The van der Waals surface area contributed by atoms with Gasteiger partial charge in [-0.05, 0) is 18.6 Å². The minimum atomic E-state index is -1.05. The molecule has 0 saturated heterocycles. The van der Waals surface area contributed by atoms with E-state index in [1.165, 1.54) is 6.07 Å². The van der Waals surface area contributed by atoms with Crippen LogP contribution in [0.4, 0.5) is 10.5 Å². The maximum atomic E-state index is 11.8. The summed E-state index contributed by atoms with van der Waals surface area (Å²) in [7, 11) is 1.69. The highest BCUT2D eigenvalue weighted by atomic mass is 16.4. The number of unbranched alkanes of at least 4 members (excludes halogenated alkanes) is 1. The van der Waals surface area contributed by atoms with E-state index in [2.05, 4.69) is 5.32 Å². The SMILES string of the molecule is CCCCN(C)C(=O)Nc1ccccc1C(=O)O. The lowest BCUT2D eigenvalue weighted by Gasteiger charge is -2.18. The van der Waals surface area contributed by atoms with Gasteiger partial charge in [0.15, 0.2) is 0 Å². The van der Waals surface area contributed by atoms with E-state index in [4.69, 9.17) is 5.11 Å². The van der Waals surface area contributed by atoms with Crippen LogP contribution in [-0.2, 0) is 0 Å². The van der Waals surface area contributed by atoms with Crippen molar-refractivity contribution in [1.82, 2.24) is 4.90 Å². The highest BCUT2D eigenvalue weighted by Gasteiger charge is 2.13. The molecule has 0 aliphatic rings. The molecule has 0 aliphatic heterocycles. The summed E-state index contributed by atoms with van der Waals surface area (Å²) in [6.07, 6.45) is 1.92. The van der Waals surface area contributed by atoms with Crippen LogP contribution in [0.15, 0.2) is 24.3 Å². The molecule has 0 radical (unpaired) electrons. The molecule has 1 rings (SSSR count). The van der Waals surface area contributed by atoms with E-state index in [0.29, 0.717) is 12.2 Å². The summed E-state index contributed by atoms with van der Waals surface area (Å²) in [4.78, 5) is 24.3. The molecule has 0 heterocycles. The number of carbonyl (C=O) groups is 2. The molecular weight excluding hydrogens is 232 g/mol. The minimum absolute atomic E-state index is 0.0924. The summed E-state index contributed by atoms with van der Waals surface area (Å²) in [5.74, 6) is -1.05. The van der Waals surface area contributed by atoms with Crippen LogP contribution in [0.5, 0.6) is 0 Å². The van der Waals surface area contributed by atoms with E-state index >= 15 is 0 Å². The molecule has 1 aromatic carbocycles. The van der Waals surface area contributed by atoms with Crippen LogP contribution in [-0.4, -0.2) is 35.6 Å². The van der Waals surface area contributed by atoms with Gasteiger partial charge in [0.25, 0.3) is 0 Å². The lowest BCUT2D eigenvalue weighted by atomic mass is 10.2. The number of para-hydroxylation sites is 1. The number of nitrogens with zero attached hydrogens (tertiary/aromatic N) is 1. The molecule has 0 aliphatic carbocycles. The van der Waals surface area contributed by atoms with Crippen LogP contribution in [0.3, 0.4) is 0 Å². The predicted octanol–water partition coefficient (Wildman–Crippen LogP) is 2.65. The maximum Gasteiger partial charge on any atom is 0.337 e. The Kier molecular flexibility index (Phi) is 5.17. The van der Waals surface area contributed by atoms with Crippen LogP contribution >= 0.6 is 0 Å². The third-order valence-corrected chi connectivity index (χ3v) is 2.59. The molecule has 1 aromatic rings. The first kappa shape index (κ1) is 14.0. The zero-order valence-corrected chi connectivity index (χ0v) is 10.6. The molecule has 98 valence electrons. The molecule has 0 saturated carbocycles. The smallest absolute Gasteiger partial charge is 0.337 e. The molecule has 5 heteroatoms. The Bertz CT molecular complexity index is 432. The average molecular weight is 250 g/mol. The number of carbonyl (C=O) groups excluding carboxylic acids is 1. The van der Waals surface area contributed by atoms with Crippen LogP contribution in [0.25, 0.3) is 0 Å². The van der Waals surface area contributed by atoms with Crippen molar-refractivity contribution in [3.8, 4) is 0 Å².